The predicted molar refractivity (Wildman–Crippen MR) is 99.5 cm³/mol. The van der Waals surface area contributed by atoms with Gasteiger partial charge in [0.05, 0.1) is 5.39 Å². The summed E-state index contributed by atoms with van der Waals surface area (Å²) in [7, 11) is 0. The van der Waals surface area contributed by atoms with Crippen molar-refractivity contribution in [2.45, 2.75) is 13.5 Å². The summed E-state index contributed by atoms with van der Waals surface area (Å²) in [5.74, 6) is 1.04. The van der Waals surface area contributed by atoms with E-state index in [2.05, 4.69) is 51.5 Å². The minimum atomic E-state index is 0.248. The third kappa shape index (κ3) is 3.04. The van der Waals surface area contributed by atoms with Crippen LogP contribution in [-0.2, 0) is 6.54 Å². The molecule has 0 aliphatic heterocycles. The number of phenolic OH excluding ortho intramolecular Hbond substituents is 1. The lowest BCUT2D eigenvalue weighted by Crippen LogP contribution is -2.02. The van der Waals surface area contributed by atoms with Crippen LogP contribution in [0.15, 0.2) is 61.1 Å². The molecule has 0 amide bonds. The summed E-state index contributed by atoms with van der Waals surface area (Å²) in [6.07, 6.45) is 3.47. The van der Waals surface area contributed by atoms with E-state index in [0.717, 1.165) is 28.0 Å². The van der Waals surface area contributed by atoms with Crippen molar-refractivity contribution < 1.29 is 5.11 Å². The zero-order valence-corrected chi connectivity index (χ0v) is 13.8. The van der Waals surface area contributed by atoms with E-state index < -0.39 is 0 Å². The molecule has 4 rings (SSSR count). The number of H-pyrrole nitrogens is 1. The minimum absolute atomic E-state index is 0.248. The highest BCUT2D eigenvalue weighted by atomic mass is 16.3. The van der Waals surface area contributed by atoms with Crippen molar-refractivity contribution >= 4 is 16.9 Å². The second-order valence-corrected chi connectivity index (χ2v) is 6.04. The summed E-state index contributed by atoms with van der Waals surface area (Å²) in [6, 6.07) is 15.5. The van der Waals surface area contributed by atoms with Gasteiger partial charge in [0.1, 0.15) is 23.5 Å². The van der Waals surface area contributed by atoms with Gasteiger partial charge in [-0.2, -0.15) is 0 Å². The minimum Gasteiger partial charge on any atom is -0.508 e. The standard InChI is InChI=1S/C20H18N4O/c1-13-3-2-4-14(9-13)10-21-19-18-17(11-22-20(18)24-12-23-19)15-5-7-16(25)8-6-15/h2-9,11-12,25H,10H2,1H3,(H2,21,22,23,24). The van der Waals surface area contributed by atoms with Crippen molar-refractivity contribution in [3.05, 3.63) is 72.2 Å². The van der Waals surface area contributed by atoms with Crippen molar-refractivity contribution in [2.24, 2.45) is 0 Å². The van der Waals surface area contributed by atoms with Crippen LogP contribution >= 0.6 is 0 Å². The number of aromatic amines is 1. The summed E-state index contributed by atoms with van der Waals surface area (Å²) >= 11 is 0. The molecule has 0 aliphatic rings. The third-order valence-electron chi connectivity index (χ3n) is 4.19. The van der Waals surface area contributed by atoms with E-state index >= 15 is 0 Å². The van der Waals surface area contributed by atoms with Crippen LogP contribution in [0.4, 0.5) is 5.82 Å². The largest absolute Gasteiger partial charge is 0.508 e. The van der Waals surface area contributed by atoms with Crippen molar-refractivity contribution in [1.29, 1.82) is 0 Å². The molecule has 0 aliphatic carbocycles. The number of aryl methyl sites for hydroxylation is 1. The molecular formula is C20H18N4O. The number of anilines is 1. The fourth-order valence-electron chi connectivity index (χ4n) is 2.97. The quantitative estimate of drug-likeness (QED) is 0.523. The Labute approximate surface area is 145 Å². The Morgan fingerprint density at radius 3 is 2.72 bits per heavy atom. The highest BCUT2D eigenvalue weighted by molar-refractivity contribution is 6.00. The molecule has 2 aromatic carbocycles. The molecule has 0 unspecified atom stereocenters. The van der Waals surface area contributed by atoms with Crippen LogP contribution < -0.4 is 5.32 Å². The summed E-state index contributed by atoms with van der Waals surface area (Å²) in [6.45, 7) is 2.77. The number of rotatable bonds is 4. The van der Waals surface area contributed by atoms with E-state index in [4.69, 9.17) is 0 Å². The third-order valence-corrected chi connectivity index (χ3v) is 4.19. The summed E-state index contributed by atoms with van der Waals surface area (Å²) < 4.78 is 0. The number of hydrogen-bond donors (Lipinski definition) is 3. The van der Waals surface area contributed by atoms with E-state index in [1.165, 1.54) is 11.1 Å². The van der Waals surface area contributed by atoms with Gasteiger partial charge >= 0.3 is 0 Å². The molecule has 4 aromatic rings. The van der Waals surface area contributed by atoms with Gasteiger partial charge in [-0.25, -0.2) is 9.97 Å². The Morgan fingerprint density at radius 2 is 1.92 bits per heavy atom. The van der Waals surface area contributed by atoms with Crippen molar-refractivity contribution in [1.82, 2.24) is 15.0 Å². The maximum Gasteiger partial charge on any atom is 0.143 e. The first-order valence-corrected chi connectivity index (χ1v) is 8.11. The van der Waals surface area contributed by atoms with Gasteiger partial charge in [0.2, 0.25) is 0 Å². The van der Waals surface area contributed by atoms with E-state index in [9.17, 15) is 5.11 Å². The zero-order chi connectivity index (χ0) is 17.2. The first kappa shape index (κ1) is 15.2. The molecule has 25 heavy (non-hydrogen) atoms. The van der Waals surface area contributed by atoms with Crippen LogP contribution in [0.1, 0.15) is 11.1 Å². The molecule has 0 atom stereocenters. The SMILES string of the molecule is Cc1cccc(CNc2ncnc3[nH]cc(-c4ccc(O)cc4)c23)c1. The Balaban J connectivity index is 1.71. The normalized spacial score (nSPS) is 10.9. The molecule has 5 nitrogen and oxygen atoms in total. The van der Waals surface area contributed by atoms with Gasteiger partial charge in [-0.15, -0.1) is 0 Å². The Hall–Kier alpha value is -3.34. The molecule has 5 heteroatoms. The van der Waals surface area contributed by atoms with Crippen LogP contribution in [0.5, 0.6) is 5.75 Å². The Bertz CT molecular complexity index is 1020. The number of nitrogens with one attached hydrogen (secondary N) is 2. The zero-order valence-electron chi connectivity index (χ0n) is 13.8. The molecule has 0 saturated carbocycles. The van der Waals surface area contributed by atoms with E-state index in [1.807, 2.05) is 18.3 Å². The van der Waals surface area contributed by atoms with E-state index in [-0.39, 0.29) is 5.75 Å². The molecule has 0 bridgehead atoms. The summed E-state index contributed by atoms with van der Waals surface area (Å²) in [4.78, 5) is 11.9. The Morgan fingerprint density at radius 1 is 1.08 bits per heavy atom. The maximum atomic E-state index is 9.51. The topological polar surface area (TPSA) is 73.8 Å². The molecule has 2 heterocycles. The van der Waals surface area contributed by atoms with E-state index in [1.54, 1.807) is 18.5 Å². The lowest BCUT2D eigenvalue weighted by atomic mass is 10.1. The van der Waals surface area contributed by atoms with Crippen LogP contribution in [0.25, 0.3) is 22.2 Å². The van der Waals surface area contributed by atoms with Crippen LogP contribution in [0.3, 0.4) is 0 Å². The number of aromatic nitrogens is 3. The van der Waals surface area contributed by atoms with Gasteiger partial charge in [0.25, 0.3) is 0 Å². The monoisotopic (exact) mass is 330 g/mol. The van der Waals surface area contributed by atoms with Gasteiger partial charge in [-0.05, 0) is 30.2 Å². The smallest absolute Gasteiger partial charge is 0.143 e. The van der Waals surface area contributed by atoms with Gasteiger partial charge in [0.15, 0.2) is 0 Å². The predicted octanol–water partition coefficient (Wildman–Crippen LogP) is 4.25. The number of hydrogen-bond acceptors (Lipinski definition) is 4. The molecule has 0 fully saturated rings. The molecule has 124 valence electrons. The molecule has 0 spiro atoms. The highest BCUT2D eigenvalue weighted by Crippen LogP contribution is 2.32. The lowest BCUT2D eigenvalue weighted by molar-refractivity contribution is 0.475. The fraction of sp³-hybridized carbons (Fsp3) is 0.100. The van der Waals surface area contributed by atoms with E-state index in [0.29, 0.717) is 6.54 Å². The second kappa shape index (κ2) is 6.28. The van der Waals surface area contributed by atoms with Gasteiger partial charge < -0.3 is 15.4 Å². The van der Waals surface area contributed by atoms with Crippen LogP contribution in [0, 0.1) is 6.92 Å². The van der Waals surface area contributed by atoms with Crippen LogP contribution in [0.2, 0.25) is 0 Å². The number of aromatic hydroxyl groups is 1. The maximum absolute atomic E-state index is 9.51. The summed E-state index contributed by atoms with van der Waals surface area (Å²) in [5, 5.41) is 13.9. The molecule has 3 N–H and O–H groups in total. The van der Waals surface area contributed by atoms with Gasteiger partial charge in [-0.3, -0.25) is 0 Å². The number of nitrogens with zero attached hydrogens (tertiary/aromatic N) is 2. The molecular weight excluding hydrogens is 312 g/mol. The average molecular weight is 330 g/mol. The highest BCUT2D eigenvalue weighted by Gasteiger charge is 2.12. The summed E-state index contributed by atoms with van der Waals surface area (Å²) in [5.41, 5.74) is 5.22. The van der Waals surface area contributed by atoms with Gasteiger partial charge in [-0.1, -0.05) is 42.0 Å². The van der Waals surface area contributed by atoms with Crippen LogP contribution in [-0.4, -0.2) is 20.1 Å². The fourth-order valence-corrected chi connectivity index (χ4v) is 2.97. The average Bonchev–Trinajstić information content (AvgIpc) is 3.05. The first-order chi connectivity index (χ1) is 12.2. The molecule has 0 radical (unpaired) electrons. The lowest BCUT2D eigenvalue weighted by Gasteiger charge is -2.09. The van der Waals surface area contributed by atoms with Crippen molar-refractivity contribution in [3.8, 4) is 16.9 Å². The number of benzene rings is 2. The number of fused-ring (bicyclic) bond motifs is 1. The van der Waals surface area contributed by atoms with Crippen molar-refractivity contribution in [2.75, 3.05) is 5.32 Å². The molecule has 0 saturated heterocycles. The first-order valence-electron chi connectivity index (χ1n) is 8.11. The molecule has 2 aromatic heterocycles. The number of phenols is 1. The Kier molecular flexibility index (Phi) is 3.82. The van der Waals surface area contributed by atoms with Gasteiger partial charge in [0, 0.05) is 18.3 Å². The second-order valence-electron chi connectivity index (χ2n) is 6.04. The van der Waals surface area contributed by atoms with Crippen molar-refractivity contribution in [3.63, 3.8) is 0 Å².